The maximum Gasteiger partial charge on any atom is 0.245 e. The molecule has 2 amide bonds. The predicted octanol–water partition coefficient (Wildman–Crippen LogP) is 1.17. The zero-order valence-corrected chi connectivity index (χ0v) is 12.7. The molecule has 0 aromatic carbocycles. The highest BCUT2D eigenvalue weighted by Crippen LogP contribution is 2.37. The Morgan fingerprint density at radius 3 is 2.60 bits per heavy atom. The van der Waals surface area contributed by atoms with Crippen molar-refractivity contribution in [3.8, 4) is 0 Å². The lowest BCUT2D eigenvalue weighted by atomic mass is 10.0. The molecule has 0 bridgehead atoms. The van der Waals surface area contributed by atoms with Crippen LogP contribution in [0.25, 0.3) is 0 Å². The molecule has 2 rings (SSSR count). The van der Waals surface area contributed by atoms with Gasteiger partial charge in [0.05, 0.1) is 6.61 Å². The fourth-order valence-electron chi connectivity index (χ4n) is 2.69. The van der Waals surface area contributed by atoms with Crippen LogP contribution < -0.4 is 5.32 Å². The largest absolute Gasteiger partial charge is 0.379 e. The molecule has 1 saturated carbocycles. The summed E-state index contributed by atoms with van der Waals surface area (Å²) in [4.78, 5) is 26.4. The Labute approximate surface area is 121 Å². The minimum absolute atomic E-state index is 0.0165. The van der Waals surface area contributed by atoms with Crippen molar-refractivity contribution in [2.24, 2.45) is 11.8 Å². The maximum absolute atomic E-state index is 12.4. The molecule has 1 saturated heterocycles. The summed E-state index contributed by atoms with van der Waals surface area (Å²) in [5.41, 5.74) is 0. The lowest BCUT2D eigenvalue weighted by Gasteiger charge is -2.39. The minimum Gasteiger partial charge on any atom is -0.379 e. The number of amides is 2. The summed E-state index contributed by atoms with van der Waals surface area (Å²) < 4.78 is 5.57. The topological polar surface area (TPSA) is 58.6 Å². The normalized spacial score (nSPS) is 27.1. The molecular formula is C15H26N2O3. The van der Waals surface area contributed by atoms with E-state index >= 15 is 0 Å². The van der Waals surface area contributed by atoms with Crippen molar-refractivity contribution >= 4 is 11.8 Å². The van der Waals surface area contributed by atoms with Crippen molar-refractivity contribution in [3.05, 3.63) is 0 Å². The standard InChI is InChI=1S/C15H26N2O3/c1-4-12-15(19)17(7-8-20-9-10(2)3)13(11-5-6-11)14(18)16-12/h10-13H,4-9H2,1-3H3,(H,16,18). The third kappa shape index (κ3) is 3.51. The Hall–Kier alpha value is -1.10. The maximum atomic E-state index is 12.4. The van der Waals surface area contributed by atoms with E-state index in [1.807, 2.05) is 6.92 Å². The van der Waals surface area contributed by atoms with Crippen molar-refractivity contribution in [2.75, 3.05) is 19.8 Å². The number of nitrogens with zero attached hydrogens (tertiary/aromatic N) is 1. The highest BCUT2D eigenvalue weighted by atomic mass is 16.5. The van der Waals surface area contributed by atoms with Crippen molar-refractivity contribution in [1.82, 2.24) is 10.2 Å². The predicted molar refractivity (Wildman–Crippen MR) is 76.1 cm³/mol. The SMILES string of the molecule is CCC1NC(=O)C(C2CC2)N(CCOCC(C)C)C1=O. The van der Waals surface area contributed by atoms with E-state index in [2.05, 4.69) is 19.2 Å². The number of ether oxygens (including phenoxy) is 1. The molecule has 2 aliphatic rings. The number of carbonyl (C=O) groups is 2. The van der Waals surface area contributed by atoms with Crippen LogP contribution in [0.15, 0.2) is 0 Å². The second-order valence-corrected chi connectivity index (χ2v) is 6.25. The van der Waals surface area contributed by atoms with Crippen LogP contribution >= 0.6 is 0 Å². The van der Waals surface area contributed by atoms with Gasteiger partial charge in [0.2, 0.25) is 11.8 Å². The summed E-state index contributed by atoms with van der Waals surface area (Å²) in [6.45, 7) is 7.85. The number of rotatable bonds is 7. The van der Waals surface area contributed by atoms with Crippen LogP contribution in [0.1, 0.15) is 40.0 Å². The third-order valence-electron chi connectivity index (χ3n) is 3.91. The van der Waals surface area contributed by atoms with Gasteiger partial charge in [-0.25, -0.2) is 0 Å². The highest BCUT2D eigenvalue weighted by molar-refractivity contribution is 5.97. The number of hydrogen-bond acceptors (Lipinski definition) is 3. The zero-order chi connectivity index (χ0) is 14.7. The molecule has 1 aliphatic heterocycles. The van der Waals surface area contributed by atoms with Crippen LogP contribution in [-0.2, 0) is 14.3 Å². The monoisotopic (exact) mass is 282 g/mol. The Morgan fingerprint density at radius 2 is 2.05 bits per heavy atom. The van der Waals surface area contributed by atoms with Crippen molar-refractivity contribution in [1.29, 1.82) is 0 Å². The molecule has 2 atom stereocenters. The van der Waals surface area contributed by atoms with E-state index < -0.39 is 0 Å². The molecule has 0 aromatic rings. The first kappa shape index (κ1) is 15.3. The molecule has 2 unspecified atom stereocenters. The molecule has 5 heteroatoms. The lowest BCUT2D eigenvalue weighted by molar-refractivity contribution is -0.151. The summed E-state index contributed by atoms with van der Waals surface area (Å²) in [7, 11) is 0. The van der Waals surface area contributed by atoms with Crippen molar-refractivity contribution < 1.29 is 14.3 Å². The molecule has 1 heterocycles. The highest BCUT2D eigenvalue weighted by Gasteiger charge is 2.47. The van der Waals surface area contributed by atoms with Gasteiger partial charge in [0, 0.05) is 13.2 Å². The first-order chi connectivity index (χ1) is 9.54. The fraction of sp³-hybridized carbons (Fsp3) is 0.867. The van der Waals surface area contributed by atoms with E-state index in [-0.39, 0.29) is 23.9 Å². The number of carbonyl (C=O) groups excluding carboxylic acids is 2. The summed E-state index contributed by atoms with van der Waals surface area (Å²) in [5, 5.41) is 2.85. The third-order valence-corrected chi connectivity index (χ3v) is 3.91. The Kier molecular flexibility index (Phi) is 5.02. The van der Waals surface area contributed by atoms with Gasteiger partial charge in [0.25, 0.3) is 0 Å². The van der Waals surface area contributed by atoms with Gasteiger partial charge >= 0.3 is 0 Å². The van der Waals surface area contributed by atoms with Crippen LogP contribution in [0.2, 0.25) is 0 Å². The first-order valence-corrected chi connectivity index (χ1v) is 7.73. The molecule has 1 aliphatic carbocycles. The number of piperazine rings is 1. The van der Waals surface area contributed by atoms with Crippen LogP contribution in [0, 0.1) is 11.8 Å². The summed E-state index contributed by atoms with van der Waals surface area (Å²) in [6, 6.07) is -0.629. The van der Waals surface area contributed by atoms with Gasteiger partial charge in [0.15, 0.2) is 0 Å². The molecule has 114 valence electrons. The molecule has 0 spiro atoms. The van der Waals surface area contributed by atoms with Gasteiger partial charge < -0.3 is 15.0 Å². The van der Waals surface area contributed by atoms with Gasteiger partial charge in [-0.3, -0.25) is 9.59 Å². The van der Waals surface area contributed by atoms with E-state index in [9.17, 15) is 9.59 Å². The van der Waals surface area contributed by atoms with E-state index in [1.165, 1.54) is 0 Å². The van der Waals surface area contributed by atoms with Crippen LogP contribution in [0.5, 0.6) is 0 Å². The molecule has 5 nitrogen and oxygen atoms in total. The quantitative estimate of drug-likeness (QED) is 0.713. The molecule has 20 heavy (non-hydrogen) atoms. The minimum atomic E-state index is -0.359. The summed E-state index contributed by atoms with van der Waals surface area (Å²) in [5.74, 6) is 0.903. The van der Waals surface area contributed by atoms with Gasteiger partial charge in [-0.2, -0.15) is 0 Å². The second-order valence-electron chi connectivity index (χ2n) is 6.25. The summed E-state index contributed by atoms with van der Waals surface area (Å²) >= 11 is 0. The smallest absolute Gasteiger partial charge is 0.245 e. The van der Waals surface area contributed by atoms with Gasteiger partial charge in [-0.05, 0) is 31.1 Å². The molecular weight excluding hydrogens is 256 g/mol. The molecule has 2 fully saturated rings. The Balaban J connectivity index is 1.95. The van der Waals surface area contributed by atoms with Gasteiger partial charge in [-0.1, -0.05) is 20.8 Å². The van der Waals surface area contributed by atoms with E-state index in [0.29, 0.717) is 38.0 Å². The zero-order valence-electron chi connectivity index (χ0n) is 12.7. The Morgan fingerprint density at radius 1 is 1.35 bits per heavy atom. The molecule has 1 N–H and O–H groups in total. The molecule has 0 radical (unpaired) electrons. The lowest BCUT2D eigenvalue weighted by Crippen LogP contribution is -2.64. The van der Waals surface area contributed by atoms with Gasteiger partial charge in [0.1, 0.15) is 12.1 Å². The van der Waals surface area contributed by atoms with Crippen molar-refractivity contribution in [3.63, 3.8) is 0 Å². The van der Waals surface area contributed by atoms with Gasteiger partial charge in [-0.15, -0.1) is 0 Å². The first-order valence-electron chi connectivity index (χ1n) is 7.73. The van der Waals surface area contributed by atoms with E-state index in [1.54, 1.807) is 4.90 Å². The number of nitrogens with one attached hydrogen (secondary N) is 1. The second kappa shape index (κ2) is 6.57. The molecule has 0 aromatic heterocycles. The fourth-order valence-corrected chi connectivity index (χ4v) is 2.69. The van der Waals surface area contributed by atoms with Crippen LogP contribution in [0.4, 0.5) is 0 Å². The average molecular weight is 282 g/mol. The van der Waals surface area contributed by atoms with Crippen molar-refractivity contribution in [2.45, 2.75) is 52.1 Å². The van der Waals surface area contributed by atoms with Crippen LogP contribution in [0.3, 0.4) is 0 Å². The average Bonchev–Trinajstić information content (AvgIpc) is 3.21. The van der Waals surface area contributed by atoms with E-state index in [0.717, 1.165) is 12.8 Å². The Bertz CT molecular complexity index is 366. The summed E-state index contributed by atoms with van der Waals surface area (Å²) in [6.07, 6.45) is 2.74. The van der Waals surface area contributed by atoms with Crippen LogP contribution in [-0.4, -0.2) is 48.6 Å². The van der Waals surface area contributed by atoms with E-state index in [4.69, 9.17) is 4.74 Å². The number of hydrogen-bond donors (Lipinski definition) is 1.